The molecule has 1 fully saturated rings. The summed E-state index contributed by atoms with van der Waals surface area (Å²) in [7, 11) is 0. The number of carbonyl (C=O) groups excluding carboxylic acids is 1. The molecule has 0 spiro atoms. The zero-order valence-electron chi connectivity index (χ0n) is 11.7. The molecule has 0 aromatic carbocycles. The zero-order chi connectivity index (χ0) is 13.7. The van der Waals surface area contributed by atoms with Gasteiger partial charge in [0.1, 0.15) is 5.69 Å². The summed E-state index contributed by atoms with van der Waals surface area (Å²) in [6.45, 7) is 7.49. The SMILES string of the molecule is CCN(CC1CCCNC1)C(=O)c1cnc(C)cn1. The van der Waals surface area contributed by atoms with E-state index < -0.39 is 0 Å². The maximum Gasteiger partial charge on any atom is 0.274 e. The summed E-state index contributed by atoms with van der Waals surface area (Å²) in [5.74, 6) is 0.539. The third kappa shape index (κ3) is 3.73. The van der Waals surface area contributed by atoms with Crippen molar-refractivity contribution in [3.8, 4) is 0 Å². The Morgan fingerprint density at radius 2 is 2.32 bits per heavy atom. The molecule has 1 unspecified atom stereocenters. The number of nitrogens with one attached hydrogen (secondary N) is 1. The molecule has 1 aromatic rings. The normalized spacial score (nSPS) is 19.2. The van der Waals surface area contributed by atoms with Crippen LogP contribution >= 0.6 is 0 Å². The van der Waals surface area contributed by atoms with Crippen LogP contribution in [0.5, 0.6) is 0 Å². The van der Waals surface area contributed by atoms with Crippen molar-refractivity contribution in [1.29, 1.82) is 0 Å². The molecule has 104 valence electrons. The highest BCUT2D eigenvalue weighted by atomic mass is 16.2. The third-order valence-electron chi connectivity index (χ3n) is 3.55. The summed E-state index contributed by atoms with van der Waals surface area (Å²) in [6.07, 6.45) is 5.60. The molecule has 0 aliphatic carbocycles. The minimum atomic E-state index is -0.0134. The fraction of sp³-hybridized carbons (Fsp3) is 0.643. The van der Waals surface area contributed by atoms with Gasteiger partial charge >= 0.3 is 0 Å². The average Bonchev–Trinajstić information content (AvgIpc) is 2.46. The van der Waals surface area contributed by atoms with Crippen molar-refractivity contribution in [3.05, 3.63) is 23.8 Å². The second-order valence-electron chi connectivity index (χ2n) is 5.10. The third-order valence-corrected chi connectivity index (χ3v) is 3.55. The number of aryl methyl sites for hydroxylation is 1. The summed E-state index contributed by atoms with van der Waals surface area (Å²) in [5, 5.41) is 3.38. The van der Waals surface area contributed by atoms with E-state index in [9.17, 15) is 4.79 Å². The van der Waals surface area contributed by atoms with Crippen molar-refractivity contribution in [2.75, 3.05) is 26.2 Å². The lowest BCUT2D eigenvalue weighted by atomic mass is 9.99. The molecule has 19 heavy (non-hydrogen) atoms. The van der Waals surface area contributed by atoms with Gasteiger partial charge < -0.3 is 10.2 Å². The van der Waals surface area contributed by atoms with Crippen LogP contribution in [0.15, 0.2) is 12.4 Å². The van der Waals surface area contributed by atoms with Crippen molar-refractivity contribution in [1.82, 2.24) is 20.2 Å². The molecule has 1 aromatic heterocycles. The van der Waals surface area contributed by atoms with Crippen LogP contribution in [-0.4, -0.2) is 47.0 Å². The van der Waals surface area contributed by atoms with Crippen LogP contribution in [0.25, 0.3) is 0 Å². The van der Waals surface area contributed by atoms with E-state index in [-0.39, 0.29) is 5.91 Å². The van der Waals surface area contributed by atoms with Gasteiger partial charge in [-0.25, -0.2) is 4.98 Å². The van der Waals surface area contributed by atoms with E-state index in [1.807, 2.05) is 18.7 Å². The number of rotatable bonds is 4. The van der Waals surface area contributed by atoms with Gasteiger partial charge in [-0.2, -0.15) is 0 Å². The Balaban J connectivity index is 1.99. The van der Waals surface area contributed by atoms with Crippen molar-refractivity contribution in [2.45, 2.75) is 26.7 Å². The second kappa shape index (κ2) is 6.61. The predicted octanol–water partition coefficient (Wildman–Crippen LogP) is 1.25. The Labute approximate surface area is 114 Å². The molecule has 0 bridgehead atoms. The van der Waals surface area contributed by atoms with E-state index in [2.05, 4.69) is 15.3 Å². The van der Waals surface area contributed by atoms with Gasteiger partial charge in [-0.1, -0.05) is 0 Å². The van der Waals surface area contributed by atoms with Crippen LogP contribution in [0.4, 0.5) is 0 Å². The summed E-state index contributed by atoms with van der Waals surface area (Å²) in [6, 6.07) is 0. The summed E-state index contributed by atoms with van der Waals surface area (Å²) in [4.78, 5) is 22.5. The van der Waals surface area contributed by atoms with Gasteiger partial charge in [-0.3, -0.25) is 9.78 Å². The molecule has 1 atom stereocenters. The first kappa shape index (κ1) is 13.9. The van der Waals surface area contributed by atoms with Crippen LogP contribution in [0.2, 0.25) is 0 Å². The van der Waals surface area contributed by atoms with Crippen LogP contribution in [-0.2, 0) is 0 Å². The highest BCUT2D eigenvalue weighted by Crippen LogP contribution is 2.13. The van der Waals surface area contributed by atoms with E-state index in [1.54, 1.807) is 12.4 Å². The van der Waals surface area contributed by atoms with E-state index in [0.717, 1.165) is 25.3 Å². The quantitative estimate of drug-likeness (QED) is 0.887. The summed E-state index contributed by atoms with van der Waals surface area (Å²) >= 11 is 0. The van der Waals surface area contributed by atoms with Gasteiger partial charge in [-0.05, 0) is 45.7 Å². The first-order chi connectivity index (χ1) is 9.20. The summed E-state index contributed by atoms with van der Waals surface area (Å²) in [5.41, 5.74) is 1.27. The fourth-order valence-electron chi connectivity index (χ4n) is 2.41. The molecule has 1 amide bonds. The molecule has 1 aliphatic rings. The van der Waals surface area contributed by atoms with Gasteiger partial charge in [0.05, 0.1) is 11.9 Å². The monoisotopic (exact) mass is 262 g/mol. The fourth-order valence-corrected chi connectivity index (χ4v) is 2.41. The van der Waals surface area contributed by atoms with E-state index in [1.165, 1.54) is 12.8 Å². The van der Waals surface area contributed by atoms with Crippen molar-refractivity contribution in [3.63, 3.8) is 0 Å². The standard InChI is InChI=1S/C14H22N4O/c1-3-18(10-12-5-4-6-15-8-12)14(19)13-9-16-11(2)7-17-13/h7,9,12,15H,3-6,8,10H2,1-2H3. The maximum absolute atomic E-state index is 12.4. The number of aromatic nitrogens is 2. The minimum absolute atomic E-state index is 0.0134. The van der Waals surface area contributed by atoms with Gasteiger partial charge in [-0.15, -0.1) is 0 Å². The predicted molar refractivity (Wildman–Crippen MR) is 73.9 cm³/mol. The molecular weight excluding hydrogens is 240 g/mol. The zero-order valence-corrected chi connectivity index (χ0v) is 11.7. The van der Waals surface area contributed by atoms with Crippen molar-refractivity contribution >= 4 is 5.91 Å². The maximum atomic E-state index is 12.4. The lowest BCUT2D eigenvalue weighted by Gasteiger charge is -2.29. The first-order valence-corrected chi connectivity index (χ1v) is 6.99. The van der Waals surface area contributed by atoms with Crippen LogP contribution < -0.4 is 5.32 Å². The molecule has 1 aliphatic heterocycles. The summed E-state index contributed by atoms with van der Waals surface area (Å²) < 4.78 is 0. The average molecular weight is 262 g/mol. The highest BCUT2D eigenvalue weighted by molar-refractivity contribution is 5.91. The van der Waals surface area contributed by atoms with Gasteiger partial charge in [0, 0.05) is 19.3 Å². The van der Waals surface area contributed by atoms with Gasteiger partial charge in [0.15, 0.2) is 0 Å². The number of piperidine rings is 1. The Bertz CT molecular complexity index is 412. The van der Waals surface area contributed by atoms with Crippen LogP contribution in [0, 0.1) is 12.8 Å². The van der Waals surface area contributed by atoms with E-state index >= 15 is 0 Å². The largest absolute Gasteiger partial charge is 0.337 e. The molecule has 2 heterocycles. The molecule has 0 saturated carbocycles. The molecule has 0 radical (unpaired) electrons. The number of hydrogen-bond acceptors (Lipinski definition) is 4. The minimum Gasteiger partial charge on any atom is -0.337 e. The molecule has 5 nitrogen and oxygen atoms in total. The number of carbonyl (C=O) groups is 1. The van der Waals surface area contributed by atoms with E-state index in [4.69, 9.17) is 0 Å². The number of hydrogen-bond donors (Lipinski definition) is 1. The smallest absolute Gasteiger partial charge is 0.274 e. The molecule has 1 N–H and O–H groups in total. The Morgan fingerprint density at radius 3 is 2.89 bits per heavy atom. The molecule has 1 saturated heterocycles. The van der Waals surface area contributed by atoms with Gasteiger partial charge in [0.25, 0.3) is 5.91 Å². The Kier molecular flexibility index (Phi) is 4.85. The van der Waals surface area contributed by atoms with Gasteiger partial charge in [0.2, 0.25) is 0 Å². The molecule has 5 heteroatoms. The van der Waals surface area contributed by atoms with Crippen molar-refractivity contribution in [2.24, 2.45) is 5.92 Å². The Morgan fingerprint density at radius 1 is 1.47 bits per heavy atom. The number of nitrogens with zero attached hydrogens (tertiary/aromatic N) is 3. The first-order valence-electron chi connectivity index (χ1n) is 6.99. The topological polar surface area (TPSA) is 58.1 Å². The highest BCUT2D eigenvalue weighted by Gasteiger charge is 2.21. The lowest BCUT2D eigenvalue weighted by Crippen LogP contribution is -2.41. The molecular formula is C14H22N4O. The second-order valence-corrected chi connectivity index (χ2v) is 5.10. The van der Waals surface area contributed by atoms with E-state index in [0.29, 0.717) is 18.2 Å². The van der Waals surface area contributed by atoms with Crippen molar-refractivity contribution < 1.29 is 4.79 Å². The van der Waals surface area contributed by atoms with Crippen LogP contribution in [0.1, 0.15) is 35.9 Å². The van der Waals surface area contributed by atoms with Crippen LogP contribution in [0.3, 0.4) is 0 Å². The number of amides is 1. The molecule has 2 rings (SSSR count). The Hall–Kier alpha value is -1.49. The lowest BCUT2D eigenvalue weighted by molar-refractivity contribution is 0.0722.